The summed E-state index contributed by atoms with van der Waals surface area (Å²) in [6, 6.07) is 13.2. The first-order chi connectivity index (χ1) is 14.5. The molecule has 9 nitrogen and oxygen atoms in total. The lowest BCUT2D eigenvalue weighted by Crippen LogP contribution is -2.36. The van der Waals surface area contributed by atoms with Crippen LogP contribution in [0.25, 0.3) is 5.76 Å². The van der Waals surface area contributed by atoms with E-state index in [1.807, 2.05) is 0 Å². The van der Waals surface area contributed by atoms with Crippen LogP contribution in [-0.4, -0.2) is 58.0 Å². The topological polar surface area (TPSA) is 133 Å². The lowest BCUT2D eigenvalue weighted by molar-refractivity contribution is -0.384. The maximum atomic E-state index is 12.8. The van der Waals surface area contributed by atoms with Crippen LogP contribution in [0.4, 0.5) is 5.69 Å². The molecule has 1 aliphatic rings. The normalized spacial score (nSPS) is 18.0. The predicted octanol–water partition coefficient (Wildman–Crippen LogP) is 1.60. The minimum absolute atomic E-state index is 0.0545. The van der Waals surface area contributed by atoms with Gasteiger partial charge in [-0.2, -0.15) is 0 Å². The van der Waals surface area contributed by atoms with Gasteiger partial charge in [0.1, 0.15) is 5.76 Å². The number of carbonyl (C=O) groups excluding carboxylic acids is 2. The Morgan fingerprint density at radius 2 is 1.73 bits per heavy atom. The second-order valence-electron chi connectivity index (χ2n) is 6.68. The van der Waals surface area contributed by atoms with Crippen molar-refractivity contribution in [3.05, 3.63) is 81.4 Å². The van der Waals surface area contributed by atoms with E-state index >= 15 is 0 Å². The molecule has 0 aliphatic carbocycles. The van der Waals surface area contributed by atoms with Crippen LogP contribution in [0.2, 0.25) is 0 Å². The van der Waals surface area contributed by atoms with Crippen molar-refractivity contribution in [2.24, 2.45) is 0 Å². The molecule has 1 fully saturated rings. The number of benzene rings is 2. The van der Waals surface area contributed by atoms with Gasteiger partial charge in [-0.05, 0) is 17.7 Å². The average Bonchev–Trinajstić information content (AvgIpc) is 3.01. The highest BCUT2D eigenvalue weighted by Gasteiger charge is 2.45. The summed E-state index contributed by atoms with van der Waals surface area (Å²) in [6.45, 7) is 0.847. The van der Waals surface area contributed by atoms with E-state index in [1.165, 1.54) is 29.2 Å². The molecular weight excluding hydrogens is 390 g/mol. The Morgan fingerprint density at radius 1 is 1.07 bits per heavy atom. The largest absolute Gasteiger partial charge is 0.507 e. The van der Waals surface area contributed by atoms with E-state index in [0.29, 0.717) is 18.7 Å². The van der Waals surface area contributed by atoms with Gasteiger partial charge in [-0.25, -0.2) is 0 Å². The van der Waals surface area contributed by atoms with Crippen molar-refractivity contribution in [1.82, 2.24) is 10.2 Å². The van der Waals surface area contributed by atoms with Crippen molar-refractivity contribution in [2.75, 3.05) is 26.2 Å². The predicted molar refractivity (Wildman–Crippen MR) is 109 cm³/mol. The number of ketones is 1. The Hall–Kier alpha value is -3.56. The monoisotopic (exact) mass is 411 g/mol. The van der Waals surface area contributed by atoms with Crippen LogP contribution in [0, 0.1) is 10.1 Å². The van der Waals surface area contributed by atoms with Gasteiger partial charge in [0.25, 0.3) is 17.4 Å². The van der Waals surface area contributed by atoms with Crippen molar-refractivity contribution < 1.29 is 24.7 Å². The standard InChI is InChI=1S/C21H21N3O6/c25-13-11-22-10-12-23-18(14-4-2-1-3-5-14)17(20(27)21(23)28)19(26)15-6-8-16(9-7-15)24(29)30/h1-9,18,22,25-26H,10-13H2/t18-/m0/s1. The third-order valence-electron chi connectivity index (χ3n) is 4.82. The lowest BCUT2D eigenvalue weighted by atomic mass is 9.95. The zero-order chi connectivity index (χ0) is 21.7. The van der Waals surface area contributed by atoms with Crippen molar-refractivity contribution in [3.63, 3.8) is 0 Å². The first-order valence-electron chi connectivity index (χ1n) is 9.35. The molecule has 0 spiro atoms. The molecule has 1 saturated heterocycles. The summed E-state index contributed by atoms with van der Waals surface area (Å²) >= 11 is 0. The molecule has 3 N–H and O–H groups in total. The molecule has 1 atom stereocenters. The number of hydrogen-bond acceptors (Lipinski definition) is 7. The number of amides is 1. The third kappa shape index (κ3) is 4.22. The molecule has 2 aromatic carbocycles. The Kier molecular flexibility index (Phi) is 6.55. The Morgan fingerprint density at radius 3 is 2.33 bits per heavy atom. The molecule has 30 heavy (non-hydrogen) atoms. The first-order valence-corrected chi connectivity index (χ1v) is 9.35. The van der Waals surface area contributed by atoms with Gasteiger partial charge in [-0.1, -0.05) is 30.3 Å². The van der Waals surface area contributed by atoms with E-state index in [4.69, 9.17) is 5.11 Å². The average molecular weight is 411 g/mol. The Balaban J connectivity index is 2.03. The van der Waals surface area contributed by atoms with Crippen LogP contribution < -0.4 is 5.32 Å². The van der Waals surface area contributed by atoms with Gasteiger partial charge in [0, 0.05) is 37.3 Å². The Labute approximate surface area is 172 Å². The molecule has 1 heterocycles. The number of carbonyl (C=O) groups is 2. The summed E-state index contributed by atoms with van der Waals surface area (Å²) in [6.07, 6.45) is 0. The number of likely N-dealkylation sites (tertiary alicyclic amines) is 1. The van der Waals surface area contributed by atoms with Gasteiger partial charge in [0.05, 0.1) is 23.1 Å². The summed E-state index contributed by atoms with van der Waals surface area (Å²) in [5.74, 6) is -1.94. The molecular formula is C21H21N3O6. The van der Waals surface area contributed by atoms with E-state index in [2.05, 4.69) is 5.32 Å². The van der Waals surface area contributed by atoms with Crippen LogP contribution in [0.1, 0.15) is 17.2 Å². The first kappa shape index (κ1) is 21.2. The zero-order valence-corrected chi connectivity index (χ0v) is 16.0. The van der Waals surface area contributed by atoms with Crippen LogP contribution in [-0.2, 0) is 9.59 Å². The molecule has 1 aliphatic heterocycles. The van der Waals surface area contributed by atoms with Gasteiger partial charge in [0.2, 0.25) is 0 Å². The number of aliphatic hydroxyl groups excluding tert-OH is 2. The number of hydrogen-bond donors (Lipinski definition) is 3. The number of non-ortho nitro benzene ring substituents is 1. The lowest BCUT2D eigenvalue weighted by Gasteiger charge is -2.25. The van der Waals surface area contributed by atoms with Crippen molar-refractivity contribution in [1.29, 1.82) is 0 Å². The number of nitro groups is 1. The quantitative estimate of drug-likeness (QED) is 0.150. The van der Waals surface area contributed by atoms with Crippen LogP contribution in [0.15, 0.2) is 60.2 Å². The highest BCUT2D eigenvalue weighted by Crippen LogP contribution is 2.39. The molecule has 9 heteroatoms. The molecule has 0 bridgehead atoms. The molecule has 0 saturated carbocycles. The number of nitrogens with one attached hydrogen (secondary N) is 1. The minimum atomic E-state index is -0.818. The van der Waals surface area contributed by atoms with Gasteiger partial charge >= 0.3 is 0 Å². The van der Waals surface area contributed by atoms with Crippen LogP contribution in [0.5, 0.6) is 0 Å². The third-order valence-corrected chi connectivity index (χ3v) is 4.82. The minimum Gasteiger partial charge on any atom is -0.507 e. The Bertz CT molecular complexity index is 972. The summed E-state index contributed by atoms with van der Waals surface area (Å²) in [4.78, 5) is 37.2. The van der Waals surface area contributed by atoms with Crippen LogP contribution in [0.3, 0.4) is 0 Å². The number of nitro benzene ring substituents is 1. The summed E-state index contributed by atoms with van der Waals surface area (Å²) < 4.78 is 0. The van der Waals surface area contributed by atoms with E-state index in [-0.39, 0.29) is 35.7 Å². The smallest absolute Gasteiger partial charge is 0.295 e. The van der Waals surface area contributed by atoms with E-state index in [0.717, 1.165) is 0 Å². The number of Topliss-reactive ketones (excluding diaryl/α,β-unsaturated/α-hetero) is 1. The molecule has 0 unspecified atom stereocenters. The molecule has 3 rings (SSSR count). The molecule has 156 valence electrons. The molecule has 0 radical (unpaired) electrons. The van der Waals surface area contributed by atoms with Gasteiger partial charge in [-0.3, -0.25) is 19.7 Å². The SMILES string of the molecule is O=C1C(=O)N(CCNCCO)[C@@H](c2ccccc2)C1=C(O)c1ccc([N+](=O)[O-])cc1. The fourth-order valence-electron chi connectivity index (χ4n) is 3.39. The van der Waals surface area contributed by atoms with Gasteiger partial charge in [-0.15, -0.1) is 0 Å². The second-order valence-corrected chi connectivity index (χ2v) is 6.68. The van der Waals surface area contributed by atoms with E-state index < -0.39 is 22.7 Å². The summed E-state index contributed by atoms with van der Waals surface area (Å²) in [5.41, 5.74) is 0.643. The number of aliphatic hydroxyl groups is 2. The number of rotatable bonds is 8. The fraction of sp³-hybridized carbons (Fsp3) is 0.238. The zero-order valence-electron chi connectivity index (χ0n) is 16.0. The van der Waals surface area contributed by atoms with Crippen molar-refractivity contribution >= 4 is 23.1 Å². The highest BCUT2D eigenvalue weighted by atomic mass is 16.6. The molecule has 0 aromatic heterocycles. The maximum absolute atomic E-state index is 12.8. The molecule has 2 aromatic rings. The second kappa shape index (κ2) is 9.29. The highest BCUT2D eigenvalue weighted by molar-refractivity contribution is 6.46. The fourth-order valence-corrected chi connectivity index (χ4v) is 3.39. The van der Waals surface area contributed by atoms with E-state index in [9.17, 15) is 24.8 Å². The summed E-state index contributed by atoms with van der Waals surface area (Å²) in [5, 5.41) is 33.6. The molecule has 1 amide bonds. The van der Waals surface area contributed by atoms with Crippen molar-refractivity contribution in [3.8, 4) is 0 Å². The van der Waals surface area contributed by atoms with Crippen LogP contribution >= 0.6 is 0 Å². The maximum Gasteiger partial charge on any atom is 0.295 e. The van der Waals surface area contributed by atoms with Crippen molar-refractivity contribution in [2.45, 2.75) is 6.04 Å². The summed E-state index contributed by atoms with van der Waals surface area (Å²) in [7, 11) is 0. The van der Waals surface area contributed by atoms with Gasteiger partial charge < -0.3 is 20.4 Å². The van der Waals surface area contributed by atoms with E-state index in [1.54, 1.807) is 30.3 Å². The number of nitrogens with zero attached hydrogens (tertiary/aromatic N) is 2. The van der Waals surface area contributed by atoms with Gasteiger partial charge in [0.15, 0.2) is 0 Å².